The minimum absolute atomic E-state index is 0.694. The molecule has 0 unspecified atom stereocenters. The maximum Gasteiger partial charge on any atom is 0.0786 e. The highest BCUT2D eigenvalue weighted by Crippen LogP contribution is 2.16. The highest BCUT2D eigenvalue weighted by atomic mass is 15.3. The lowest BCUT2D eigenvalue weighted by Gasteiger charge is -2.39. The van der Waals surface area contributed by atoms with E-state index in [0.29, 0.717) is 6.54 Å². The Labute approximate surface area is 218 Å². The minimum Gasteiger partial charge on any atom is -0.329 e. The normalized spacial score (nSPS) is 11.4. The summed E-state index contributed by atoms with van der Waals surface area (Å²) in [5.74, 6) is 0. The summed E-state index contributed by atoms with van der Waals surface area (Å²) in [6.07, 6.45) is 11.1. The zero-order chi connectivity index (χ0) is 25.6. The Morgan fingerprint density at radius 2 is 0.914 bits per heavy atom. The van der Waals surface area contributed by atoms with Gasteiger partial charge in [-0.15, -0.1) is 0 Å². The van der Waals surface area contributed by atoms with Crippen molar-refractivity contribution in [2.45, 2.75) is 92.2 Å². The van der Waals surface area contributed by atoms with Crippen LogP contribution in [-0.2, 0) is 13.1 Å². The van der Waals surface area contributed by atoms with Gasteiger partial charge < -0.3 is 10.2 Å². The van der Waals surface area contributed by atoms with E-state index in [9.17, 15) is 0 Å². The van der Waals surface area contributed by atoms with Crippen LogP contribution in [0.15, 0.2) is 60.7 Å². The molecule has 2 rings (SSSR count). The molecule has 35 heavy (non-hydrogen) atoms. The van der Waals surface area contributed by atoms with Crippen LogP contribution in [0.4, 0.5) is 0 Å². The number of unbranched alkanes of at least 4 members (excludes halogenated alkanes) is 4. The summed E-state index contributed by atoms with van der Waals surface area (Å²) >= 11 is 0. The van der Waals surface area contributed by atoms with Gasteiger partial charge in [-0.1, -0.05) is 114 Å². The van der Waals surface area contributed by atoms with Crippen molar-refractivity contribution in [2.24, 2.45) is 5.73 Å². The maximum absolute atomic E-state index is 5.70. The van der Waals surface area contributed by atoms with Gasteiger partial charge in [0.1, 0.15) is 0 Å². The molecular weight excluding hydrogens is 426 g/mol. The second-order valence-corrected chi connectivity index (χ2v) is 10.1. The highest BCUT2D eigenvalue weighted by molar-refractivity contribution is 5.17. The monoisotopic (exact) mass is 482 g/mol. The lowest BCUT2D eigenvalue weighted by molar-refractivity contribution is -0.929. The van der Waals surface area contributed by atoms with Crippen molar-refractivity contribution in [2.75, 3.05) is 39.3 Å². The van der Waals surface area contributed by atoms with Gasteiger partial charge in [0.2, 0.25) is 0 Å². The zero-order valence-corrected chi connectivity index (χ0v) is 23.6. The molecule has 0 aliphatic rings. The molecule has 0 atom stereocenters. The van der Waals surface area contributed by atoms with Gasteiger partial charge in [0.15, 0.2) is 0 Å². The van der Waals surface area contributed by atoms with Crippen LogP contribution in [0, 0.1) is 0 Å². The molecule has 198 valence electrons. The molecule has 0 saturated carbocycles. The number of nitrogens with zero attached hydrogens (tertiary/aromatic N) is 2. The first-order chi connectivity index (χ1) is 17.1. The minimum atomic E-state index is 0.694. The summed E-state index contributed by atoms with van der Waals surface area (Å²) in [7, 11) is 0. The summed E-state index contributed by atoms with van der Waals surface area (Å²) in [6.45, 7) is 18.5. The van der Waals surface area contributed by atoms with E-state index in [1.54, 1.807) is 0 Å². The molecule has 0 saturated heterocycles. The van der Waals surface area contributed by atoms with Crippen LogP contribution < -0.4 is 5.73 Å². The first kappa shape index (κ1) is 31.4. The molecule has 0 heterocycles. The van der Waals surface area contributed by atoms with Gasteiger partial charge in [-0.05, 0) is 36.8 Å². The summed E-state index contributed by atoms with van der Waals surface area (Å²) in [4.78, 5) is 2.38. The van der Waals surface area contributed by atoms with E-state index in [-0.39, 0.29) is 0 Å². The molecule has 3 heteroatoms. The number of rotatable bonds is 18. The molecule has 2 aromatic rings. The van der Waals surface area contributed by atoms with Crippen LogP contribution in [0.2, 0.25) is 0 Å². The van der Waals surface area contributed by atoms with Crippen molar-refractivity contribution < 1.29 is 4.48 Å². The number of quaternary nitrogens is 1. The topological polar surface area (TPSA) is 29.3 Å². The lowest BCUT2D eigenvalue weighted by atomic mass is 10.1. The van der Waals surface area contributed by atoms with Gasteiger partial charge in [0.05, 0.1) is 26.2 Å². The summed E-state index contributed by atoms with van der Waals surface area (Å²) in [5.41, 5.74) is 8.37. The van der Waals surface area contributed by atoms with Crippen molar-refractivity contribution in [1.82, 2.24) is 4.90 Å². The first-order valence-electron chi connectivity index (χ1n) is 14.5. The van der Waals surface area contributed by atoms with Crippen molar-refractivity contribution in [3.8, 4) is 0 Å². The standard InChI is InChI=1S/C16H20N2.C16H36N/c17-11-12-18(13-15-7-3-1-4-8-15)14-16-9-5-2-6-10-16;1-5-9-13-17(14-10-6-2,15-11-7-3)16-12-8-4/h1-10H,11-14,17H2;5-16H2,1-4H3/q;+1. The summed E-state index contributed by atoms with van der Waals surface area (Å²) < 4.78 is 1.42. The van der Waals surface area contributed by atoms with Crippen LogP contribution in [0.5, 0.6) is 0 Å². The summed E-state index contributed by atoms with van der Waals surface area (Å²) in [5, 5.41) is 0. The average molecular weight is 483 g/mol. The number of hydrogen-bond donors (Lipinski definition) is 1. The molecule has 0 aliphatic heterocycles. The Morgan fingerprint density at radius 3 is 1.20 bits per heavy atom. The number of benzene rings is 2. The molecule has 2 aromatic carbocycles. The number of hydrogen-bond acceptors (Lipinski definition) is 2. The second-order valence-electron chi connectivity index (χ2n) is 10.1. The Balaban J connectivity index is 0.000000351. The lowest BCUT2D eigenvalue weighted by Crippen LogP contribution is -2.50. The van der Waals surface area contributed by atoms with Crippen molar-refractivity contribution in [1.29, 1.82) is 0 Å². The van der Waals surface area contributed by atoms with Crippen LogP contribution >= 0.6 is 0 Å². The third kappa shape index (κ3) is 14.5. The van der Waals surface area contributed by atoms with Gasteiger partial charge in [-0.3, -0.25) is 4.90 Å². The van der Waals surface area contributed by atoms with E-state index in [4.69, 9.17) is 5.73 Å². The number of nitrogens with two attached hydrogens (primary N) is 1. The molecule has 0 aromatic heterocycles. The van der Waals surface area contributed by atoms with Crippen LogP contribution in [0.3, 0.4) is 0 Å². The van der Waals surface area contributed by atoms with E-state index in [0.717, 1.165) is 19.6 Å². The molecule has 0 aliphatic carbocycles. The molecule has 0 radical (unpaired) electrons. The average Bonchev–Trinajstić information content (AvgIpc) is 2.89. The fourth-order valence-corrected chi connectivity index (χ4v) is 4.72. The predicted octanol–water partition coefficient (Wildman–Crippen LogP) is 7.65. The molecule has 0 spiro atoms. The maximum atomic E-state index is 5.70. The van der Waals surface area contributed by atoms with E-state index in [1.165, 1.54) is 93.2 Å². The molecule has 0 fully saturated rings. The highest BCUT2D eigenvalue weighted by Gasteiger charge is 2.24. The quantitative estimate of drug-likeness (QED) is 0.221. The largest absolute Gasteiger partial charge is 0.329 e. The Bertz CT molecular complexity index is 622. The van der Waals surface area contributed by atoms with Gasteiger partial charge in [-0.2, -0.15) is 0 Å². The molecule has 3 nitrogen and oxygen atoms in total. The predicted molar refractivity (Wildman–Crippen MR) is 155 cm³/mol. The van der Waals surface area contributed by atoms with Gasteiger partial charge in [0.25, 0.3) is 0 Å². The fraction of sp³-hybridized carbons (Fsp3) is 0.625. The molecule has 2 N–H and O–H groups in total. The van der Waals surface area contributed by atoms with E-state index < -0.39 is 0 Å². The Hall–Kier alpha value is -1.68. The molecule has 0 bridgehead atoms. The fourth-order valence-electron chi connectivity index (χ4n) is 4.72. The van der Waals surface area contributed by atoms with Crippen LogP contribution in [0.1, 0.15) is 90.2 Å². The smallest absolute Gasteiger partial charge is 0.0786 e. The van der Waals surface area contributed by atoms with Crippen molar-refractivity contribution in [3.05, 3.63) is 71.8 Å². The van der Waals surface area contributed by atoms with Crippen LogP contribution in [-0.4, -0.2) is 48.7 Å². The van der Waals surface area contributed by atoms with E-state index >= 15 is 0 Å². The molecular formula is C32H56N3+. The Morgan fingerprint density at radius 1 is 0.571 bits per heavy atom. The second kappa shape index (κ2) is 20.5. The van der Waals surface area contributed by atoms with Gasteiger partial charge in [-0.25, -0.2) is 0 Å². The summed E-state index contributed by atoms with van der Waals surface area (Å²) in [6, 6.07) is 21.1. The van der Waals surface area contributed by atoms with Crippen LogP contribution in [0.25, 0.3) is 0 Å². The zero-order valence-electron chi connectivity index (χ0n) is 23.6. The molecule has 0 amide bonds. The van der Waals surface area contributed by atoms with Crippen molar-refractivity contribution >= 4 is 0 Å². The van der Waals surface area contributed by atoms with E-state index in [2.05, 4.69) is 81.1 Å². The first-order valence-corrected chi connectivity index (χ1v) is 14.5. The third-order valence-electron chi connectivity index (χ3n) is 6.89. The van der Waals surface area contributed by atoms with Crippen molar-refractivity contribution in [3.63, 3.8) is 0 Å². The van der Waals surface area contributed by atoms with Gasteiger partial charge >= 0.3 is 0 Å². The third-order valence-corrected chi connectivity index (χ3v) is 6.89. The van der Waals surface area contributed by atoms with E-state index in [1.807, 2.05) is 12.1 Å². The van der Waals surface area contributed by atoms with Gasteiger partial charge in [0, 0.05) is 26.2 Å². The Kier molecular flexibility index (Phi) is 18.4. The SMILES string of the molecule is CCCC[N+](CCCC)(CCCC)CCCC.NCCN(Cc1ccccc1)Cc1ccccc1.